The standard InChI is InChI=1S/C22H27N3O3/c1-3-28-22(27)17-8-7-13-24(14-17)21(26)19-15(2)25(18-9-5-4-6-10-18)23-20(19)16-11-12-16/h4-6,9-10,16-17H,3,7-8,11-14H2,1-2H3. The summed E-state index contributed by atoms with van der Waals surface area (Å²) in [7, 11) is 0. The van der Waals surface area contributed by atoms with Gasteiger partial charge in [0.25, 0.3) is 5.91 Å². The Hall–Kier alpha value is -2.63. The molecule has 1 saturated carbocycles. The first-order valence-electron chi connectivity index (χ1n) is 10.2. The summed E-state index contributed by atoms with van der Waals surface area (Å²) in [6.45, 7) is 5.25. The normalized spacial score (nSPS) is 19.5. The van der Waals surface area contributed by atoms with E-state index < -0.39 is 0 Å². The van der Waals surface area contributed by atoms with Crippen LogP contribution in [0.4, 0.5) is 0 Å². The molecule has 148 valence electrons. The molecule has 1 aliphatic carbocycles. The van der Waals surface area contributed by atoms with Gasteiger partial charge in [-0.3, -0.25) is 9.59 Å². The predicted octanol–water partition coefficient (Wildman–Crippen LogP) is 3.47. The number of carbonyl (C=O) groups is 2. The van der Waals surface area contributed by atoms with Crippen LogP contribution < -0.4 is 0 Å². The molecule has 1 atom stereocenters. The molecule has 0 bridgehead atoms. The number of rotatable bonds is 5. The Morgan fingerprint density at radius 2 is 1.93 bits per heavy atom. The van der Waals surface area contributed by atoms with Crippen molar-refractivity contribution < 1.29 is 14.3 Å². The molecule has 6 nitrogen and oxygen atoms in total. The molecule has 4 rings (SSSR count). The van der Waals surface area contributed by atoms with E-state index in [4.69, 9.17) is 9.84 Å². The van der Waals surface area contributed by atoms with Gasteiger partial charge in [-0.1, -0.05) is 18.2 Å². The fraction of sp³-hybridized carbons (Fsp3) is 0.500. The molecule has 28 heavy (non-hydrogen) atoms. The highest BCUT2D eigenvalue weighted by atomic mass is 16.5. The van der Waals surface area contributed by atoms with Crippen LogP contribution in [0.5, 0.6) is 0 Å². The van der Waals surface area contributed by atoms with Gasteiger partial charge >= 0.3 is 5.97 Å². The number of likely N-dealkylation sites (tertiary alicyclic amines) is 1. The van der Waals surface area contributed by atoms with Crippen molar-refractivity contribution in [1.82, 2.24) is 14.7 Å². The molecule has 2 fully saturated rings. The molecule has 1 unspecified atom stereocenters. The second-order valence-electron chi connectivity index (χ2n) is 7.71. The molecule has 2 aromatic rings. The number of hydrogen-bond donors (Lipinski definition) is 0. The maximum atomic E-state index is 13.5. The van der Waals surface area contributed by atoms with E-state index in [1.807, 2.05) is 53.8 Å². The summed E-state index contributed by atoms with van der Waals surface area (Å²) in [5.41, 5.74) is 3.46. The first kappa shape index (κ1) is 18.7. The van der Waals surface area contributed by atoms with Gasteiger partial charge in [0.05, 0.1) is 35.2 Å². The van der Waals surface area contributed by atoms with Gasteiger partial charge in [-0.15, -0.1) is 0 Å². The zero-order chi connectivity index (χ0) is 19.7. The highest BCUT2D eigenvalue weighted by Crippen LogP contribution is 2.42. The molecule has 0 spiro atoms. The summed E-state index contributed by atoms with van der Waals surface area (Å²) in [4.78, 5) is 27.4. The zero-order valence-electron chi connectivity index (χ0n) is 16.6. The Morgan fingerprint density at radius 1 is 1.18 bits per heavy atom. The minimum absolute atomic E-state index is 0.00409. The van der Waals surface area contributed by atoms with Crippen molar-refractivity contribution in [2.45, 2.75) is 45.4 Å². The zero-order valence-corrected chi connectivity index (χ0v) is 16.6. The summed E-state index contributed by atoms with van der Waals surface area (Å²) in [5.74, 6) is -0.0607. The molecular formula is C22H27N3O3. The maximum absolute atomic E-state index is 13.5. The lowest BCUT2D eigenvalue weighted by atomic mass is 9.97. The van der Waals surface area contributed by atoms with Gasteiger partial charge in [-0.25, -0.2) is 4.68 Å². The van der Waals surface area contributed by atoms with E-state index >= 15 is 0 Å². The maximum Gasteiger partial charge on any atom is 0.310 e. The number of hydrogen-bond acceptors (Lipinski definition) is 4. The quantitative estimate of drug-likeness (QED) is 0.744. The predicted molar refractivity (Wildman–Crippen MR) is 106 cm³/mol. The van der Waals surface area contributed by atoms with Gasteiger partial charge in [0.15, 0.2) is 0 Å². The fourth-order valence-corrected chi connectivity index (χ4v) is 4.02. The van der Waals surface area contributed by atoms with E-state index in [1.165, 1.54) is 0 Å². The minimum Gasteiger partial charge on any atom is -0.466 e. The van der Waals surface area contributed by atoms with Crippen molar-refractivity contribution in [3.05, 3.63) is 47.3 Å². The number of aromatic nitrogens is 2. The largest absolute Gasteiger partial charge is 0.466 e. The van der Waals surface area contributed by atoms with Gasteiger partial charge < -0.3 is 9.64 Å². The lowest BCUT2D eigenvalue weighted by molar-refractivity contribution is -0.149. The van der Waals surface area contributed by atoms with Crippen LogP contribution in [-0.2, 0) is 9.53 Å². The van der Waals surface area contributed by atoms with E-state index in [0.29, 0.717) is 25.6 Å². The molecule has 2 heterocycles. The molecular weight excluding hydrogens is 354 g/mol. The second-order valence-corrected chi connectivity index (χ2v) is 7.71. The van der Waals surface area contributed by atoms with Crippen molar-refractivity contribution in [1.29, 1.82) is 0 Å². The second kappa shape index (κ2) is 7.78. The van der Waals surface area contributed by atoms with Crippen molar-refractivity contribution in [3.8, 4) is 5.69 Å². The molecule has 1 amide bonds. The Kier molecular flexibility index (Phi) is 5.20. The molecule has 6 heteroatoms. The van der Waals surface area contributed by atoms with E-state index in [9.17, 15) is 9.59 Å². The van der Waals surface area contributed by atoms with Crippen LogP contribution in [-0.4, -0.2) is 46.3 Å². The third kappa shape index (κ3) is 3.55. The summed E-state index contributed by atoms with van der Waals surface area (Å²) in [5, 5.41) is 4.82. The Balaban J connectivity index is 1.64. The molecule has 2 aliphatic rings. The molecule has 1 aliphatic heterocycles. The topological polar surface area (TPSA) is 64.4 Å². The Bertz CT molecular complexity index is 871. The van der Waals surface area contributed by atoms with Gasteiger partial charge in [-0.2, -0.15) is 5.10 Å². The van der Waals surface area contributed by atoms with Crippen LogP contribution in [0.25, 0.3) is 5.69 Å². The monoisotopic (exact) mass is 381 g/mol. The third-order valence-electron chi connectivity index (χ3n) is 5.65. The van der Waals surface area contributed by atoms with Crippen LogP contribution >= 0.6 is 0 Å². The smallest absolute Gasteiger partial charge is 0.310 e. The molecule has 1 aromatic heterocycles. The lowest BCUT2D eigenvalue weighted by Crippen LogP contribution is -2.43. The van der Waals surface area contributed by atoms with Crippen LogP contribution in [0.1, 0.15) is 60.3 Å². The van der Waals surface area contributed by atoms with Crippen molar-refractivity contribution in [3.63, 3.8) is 0 Å². The first-order chi connectivity index (χ1) is 13.6. The third-order valence-corrected chi connectivity index (χ3v) is 5.65. The van der Waals surface area contributed by atoms with E-state index in [0.717, 1.165) is 48.3 Å². The summed E-state index contributed by atoms with van der Waals surface area (Å²) >= 11 is 0. The molecule has 1 aromatic carbocycles. The van der Waals surface area contributed by atoms with Gasteiger partial charge in [-0.05, 0) is 51.7 Å². The number of carbonyl (C=O) groups excluding carboxylic acids is 2. The van der Waals surface area contributed by atoms with Crippen LogP contribution in [0.15, 0.2) is 30.3 Å². The van der Waals surface area contributed by atoms with E-state index in [2.05, 4.69) is 0 Å². The van der Waals surface area contributed by atoms with Gasteiger partial charge in [0, 0.05) is 19.0 Å². The number of esters is 1. The lowest BCUT2D eigenvalue weighted by Gasteiger charge is -2.31. The van der Waals surface area contributed by atoms with Crippen molar-refractivity contribution in [2.24, 2.45) is 5.92 Å². The molecule has 0 radical (unpaired) electrons. The average Bonchev–Trinajstić information content (AvgIpc) is 3.51. The highest BCUT2D eigenvalue weighted by Gasteiger charge is 2.37. The average molecular weight is 381 g/mol. The molecule has 1 saturated heterocycles. The first-order valence-corrected chi connectivity index (χ1v) is 10.2. The number of nitrogens with zero attached hydrogens (tertiary/aromatic N) is 3. The number of ether oxygens (including phenoxy) is 1. The number of piperidine rings is 1. The minimum atomic E-state index is -0.230. The van der Waals surface area contributed by atoms with Gasteiger partial charge in [0.2, 0.25) is 0 Å². The summed E-state index contributed by atoms with van der Waals surface area (Å²) in [6.07, 6.45) is 3.76. The van der Waals surface area contributed by atoms with E-state index in [1.54, 1.807) is 0 Å². The van der Waals surface area contributed by atoms with Crippen LogP contribution in [0.2, 0.25) is 0 Å². The summed E-state index contributed by atoms with van der Waals surface area (Å²) < 4.78 is 7.06. The summed E-state index contributed by atoms with van der Waals surface area (Å²) in [6, 6.07) is 9.93. The Labute approximate surface area is 165 Å². The van der Waals surface area contributed by atoms with Crippen LogP contribution in [0.3, 0.4) is 0 Å². The number of benzene rings is 1. The van der Waals surface area contributed by atoms with Crippen molar-refractivity contribution in [2.75, 3.05) is 19.7 Å². The Morgan fingerprint density at radius 3 is 2.61 bits per heavy atom. The highest BCUT2D eigenvalue weighted by molar-refractivity contribution is 5.97. The molecule has 0 N–H and O–H groups in total. The van der Waals surface area contributed by atoms with E-state index in [-0.39, 0.29) is 17.8 Å². The van der Waals surface area contributed by atoms with Gasteiger partial charge in [0.1, 0.15) is 0 Å². The van der Waals surface area contributed by atoms with Crippen LogP contribution in [0, 0.1) is 12.8 Å². The SMILES string of the molecule is CCOC(=O)C1CCCN(C(=O)c2c(C3CC3)nn(-c3ccccc3)c2C)C1. The van der Waals surface area contributed by atoms with Crippen molar-refractivity contribution >= 4 is 11.9 Å². The number of para-hydroxylation sites is 1. The fourth-order valence-electron chi connectivity index (χ4n) is 4.02. The number of amides is 1.